The second kappa shape index (κ2) is 6.82. The van der Waals surface area contributed by atoms with Gasteiger partial charge in [0.25, 0.3) is 0 Å². The van der Waals surface area contributed by atoms with E-state index in [9.17, 15) is 0 Å². The predicted octanol–water partition coefficient (Wildman–Crippen LogP) is 6.01. The maximum atomic E-state index is 6.80. The largest absolute Gasteiger partial charge is 0.410 e. The van der Waals surface area contributed by atoms with Crippen molar-refractivity contribution < 1.29 is 4.43 Å². The smallest absolute Gasteiger partial charge is 0.192 e. The van der Waals surface area contributed by atoms with Crippen molar-refractivity contribution in [2.24, 2.45) is 0 Å². The van der Waals surface area contributed by atoms with E-state index in [4.69, 9.17) is 4.43 Å². The minimum absolute atomic E-state index is 0.229. The fourth-order valence-electron chi connectivity index (χ4n) is 2.72. The number of fused-ring (bicyclic) bond motifs is 1. The lowest BCUT2D eigenvalue weighted by atomic mass is 9.95. The summed E-state index contributed by atoms with van der Waals surface area (Å²) in [6, 6.07) is 6.79. The quantitative estimate of drug-likeness (QED) is 0.629. The van der Waals surface area contributed by atoms with Crippen molar-refractivity contribution in [3.8, 4) is 0 Å². The zero-order chi connectivity index (χ0) is 17.3. The van der Waals surface area contributed by atoms with E-state index in [1.54, 1.807) is 0 Å². The molecule has 0 spiro atoms. The lowest BCUT2D eigenvalue weighted by molar-refractivity contribution is 0.170. The van der Waals surface area contributed by atoms with E-state index in [0.29, 0.717) is 0 Å². The van der Waals surface area contributed by atoms with Gasteiger partial charge in [0.05, 0.1) is 6.10 Å². The Balaban J connectivity index is 2.38. The van der Waals surface area contributed by atoms with E-state index in [0.717, 1.165) is 12.8 Å². The number of rotatable bonds is 3. The third-order valence-electron chi connectivity index (χ3n) is 5.31. The van der Waals surface area contributed by atoms with Gasteiger partial charge in [0.2, 0.25) is 0 Å². The van der Waals surface area contributed by atoms with Gasteiger partial charge in [-0.05, 0) is 60.7 Å². The average Bonchev–Trinajstić information content (AvgIpc) is 2.41. The maximum Gasteiger partial charge on any atom is 0.192 e. The van der Waals surface area contributed by atoms with Crippen LogP contribution in [0.5, 0.6) is 0 Å². The molecule has 0 saturated heterocycles. The first-order valence-corrected chi connectivity index (χ1v) is 11.7. The van der Waals surface area contributed by atoms with Crippen LogP contribution in [0.3, 0.4) is 0 Å². The monoisotopic (exact) mass is 331 g/mol. The third kappa shape index (κ3) is 4.27. The summed E-state index contributed by atoms with van der Waals surface area (Å²) in [5, 5.41) is 0.245. The van der Waals surface area contributed by atoms with Crippen molar-refractivity contribution in [2.45, 2.75) is 64.3 Å². The summed E-state index contributed by atoms with van der Waals surface area (Å²) in [5.41, 5.74) is 3.93. The lowest BCUT2D eigenvalue weighted by Crippen LogP contribution is -2.42. The normalized spacial score (nSPS) is 20.4. The minimum Gasteiger partial charge on any atom is -0.410 e. The summed E-state index contributed by atoms with van der Waals surface area (Å²) in [5.74, 6) is 0. The molecular weight excluding hydrogens is 298 g/mol. The highest BCUT2D eigenvalue weighted by Crippen LogP contribution is 2.42. The first-order valence-electron chi connectivity index (χ1n) is 8.77. The Hall–Kier alpha value is -1.06. The highest BCUT2D eigenvalue weighted by Gasteiger charge is 2.39. The molecule has 0 saturated carbocycles. The van der Waals surface area contributed by atoms with Crippen LogP contribution in [0.2, 0.25) is 18.1 Å². The molecule has 1 aromatic rings. The van der Waals surface area contributed by atoms with E-state index in [1.165, 1.54) is 23.2 Å². The molecule has 0 fully saturated rings. The molecule has 0 N–H and O–H groups in total. The Morgan fingerprint density at radius 1 is 1.17 bits per heavy atom. The molecule has 0 aliphatic heterocycles. The second-order valence-electron chi connectivity index (χ2n) is 8.41. The summed E-state index contributed by atoms with van der Waals surface area (Å²) < 4.78 is 6.80. The van der Waals surface area contributed by atoms with Crippen molar-refractivity contribution in [1.29, 1.82) is 0 Å². The van der Waals surface area contributed by atoms with Gasteiger partial charge in [-0.15, -0.1) is 0 Å². The number of hydrogen-bond acceptors (Lipinski definition) is 2. The van der Waals surface area contributed by atoms with E-state index in [-0.39, 0.29) is 11.1 Å². The highest BCUT2D eigenvalue weighted by molar-refractivity contribution is 6.74. The molecule has 1 aliphatic carbocycles. The Kier molecular flexibility index (Phi) is 5.42. The summed E-state index contributed by atoms with van der Waals surface area (Å²) in [6.07, 6.45) is 8.27. The molecule has 2 nitrogen and oxygen atoms in total. The molecule has 1 aromatic carbocycles. The second-order valence-corrected chi connectivity index (χ2v) is 13.2. The molecule has 0 aromatic heterocycles. The summed E-state index contributed by atoms with van der Waals surface area (Å²) in [6.45, 7) is 11.7. The van der Waals surface area contributed by atoms with E-state index < -0.39 is 8.32 Å². The summed E-state index contributed by atoms with van der Waals surface area (Å²) in [4.78, 5) is 2.16. The van der Waals surface area contributed by atoms with Gasteiger partial charge in [0.15, 0.2) is 8.32 Å². The third-order valence-corrected chi connectivity index (χ3v) is 9.80. The van der Waals surface area contributed by atoms with E-state index in [2.05, 4.69) is 83.2 Å². The zero-order valence-corrected chi connectivity index (χ0v) is 16.9. The first kappa shape index (κ1) is 18.3. The molecule has 128 valence electrons. The first-order chi connectivity index (χ1) is 10.6. The zero-order valence-electron chi connectivity index (χ0n) is 15.9. The summed E-state index contributed by atoms with van der Waals surface area (Å²) in [7, 11) is 2.42. The lowest BCUT2D eigenvalue weighted by Gasteiger charge is -2.40. The van der Waals surface area contributed by atoms with Crippen LogP contribution in [0.25, 0.3) is 6.08 Å². The molecular formula is C20H33NOSi. The van der Waals surface area contributed by atoms with Gasteiger partial charge in [-0.3, -0.25) is 0 Å². The number of allylic oxidation sites excluding steroid dienone is 1. The van der Waals surface area contributed by atoms with Crippen LogP contribution >= 0.6 is 0 Å². The van der Waals surface area contributed by atoms with Crippen LogP contribution in [0.1, 0.15) is 57.3 Å². The topological polar surface area (TPSA) is 12.5 Å². The summed E-state index contributed by atoms with van der Waals surface area (Å²) >= 11 is 0. The average molecular weight is 332 g/mol. The van der Waals surface area contributed by atoms with Crippen LogP contribution in [-0.4, -0.2) is 22.4 Å². The van der Waals surface area contributed by atoms with Crippen LogP contribution < -0.4 is 4.90 Å². The highest BCUT2D eigenvalue weighted by atomic mass is 28.4. The maximum absolute atomic E-state index is 6.80. The Labute approximate surface area is 143 Å². The van der Waals surface area contributed by atoms with E-state index >= 15 is 0 Å². The van der Waals surface area contributed by atoms with Gasteiger partial charge in [0.1, 0.15) is 0 Å². The van der Waals surface area contributed by atoms with Crippen molar-refractivity contribution >= 4 is 20.1 Å². The van der Waals surface area contributed by atoms with Gasteiger partial charge in [-0.2, -0.15) is 0 Å². The van der Waals surface area contributed by atoms with Crippen molar-refractivity contribution in [2.75, 3.05) is 19.0 Å². The Bertz CT molecular complexity index is 569. The van der Waals surface area contributed by atoms with Crippen LogP contribution in [0, 0.1) is 0 Å². The number of anilines is 1. The molecule has 1 aliphatic rings. The Morgan fingerprint density at radius 3 is 2.48 bits per heavy atom. The van der Waals surface area contributed by atoms with Gasteiger partial charge in [-0.1, -0.05) is 39.0 Å². The molecule has 3 heteroatoms. The molecule has 0 radical (unpaired) electrons. The molecule has 1 atom stereocenters. The Morgan fingerprint density at radius 2 is 1.87 bits per heavy atom. The molecule has 0 bridgehead atoms. The fourth-order valence-corrected chi connectivity index (χ4v) is 4.03. The fraction of sp³-hybridized carbons (Fsp3) is 0.600. The molecule has 2 rings (SSSR count). The van der Waals surface area contributed by atoms with Crippen molar-refractivity contribution in [1.82, 2.24) is 0 Å². The molecule has 23 heavy (non-hydrogen) atoms. The minimum atomic E-state index is -1.77. The van der Waals surface area contributed by atoms with Crippen LogP contribution in [0.15, 0.2) is 24.3 Å². The van der Waals surface area contributed by atoms with Crippen molar-refractivity contribution in [3.05, 3.63) is 35.4 Å². The van der Waals surface area contributed by atoms with Gasteiger partial charge in [0, 0.05) is 19.8 Å². The molecule has 0 heterocycles. The van der Waals surface area contributed by atoms with Crippen LogP contribution in [0.4, 0.5) is 5.69 Å². The SMILES string of the molecule is CN(C)c1ccc2c(c1)/C=C\CCCC2O[Si](C)(C)C(C)(C)C. The van der Waals surface area contributed by atoms with Gasteiger partial charge >= 0.3 is 0 Å². The van der Waals surface area contributed by atoms with Gasteiger partial charge in [-0.25, -0.2) is 0 Å². The molecule has 1 unspecified atom stereocenters. The number of nitrogens with zero attached hydrogens (tertiary/aromatic N) is 1. The van der Waals surface area contributed by atoms with Gasteiger partial charge < -0.3 is 9.33 Å². The number of hydrogen-bond donors (Lipinski definition) is 0. The number of benzene rings is 1. The van der Waals surface area contributed by atoms with E-state index in [1.807, 2.05) is 0 Å². The molecule has 0 amide bonds. The van der Waals surface area contributed by atoms with Crippen LogP contribution in [-0.2, 0) is 4.43 Å². The predicted molar refractivity (Wildman–Crippen MR) is 105 cm³/mol. The van der Waals surface area contributed by atoms with Crippen molar-refractivity contribution in [3.63, 3.8) is 0 Å². The standard InChI is InChI=1S/C20H33NOSi/c1-20(2,3)23(6,7)22-19-12-10-8-9-11-16-15-17(21(4)5)13-14-18(16)19/h9,11,13-15,19H,8,10,12H2,1-7H3/b11-9-.